The molecule has 0 bridgehead atoms. The van der Waals surface area contributed by atoms with Gasteiger partial charge in [-0.2, -0.15) is 0 Å². The van der Waals surface area contributed by atoms with E-state index in [1.165, 1.54) is 25.7 Å². The summed E-state index contributed by atoms with van der Waals surface area (Å²) in [6.45, 7) is 7.52. The molecule has 0 aliphatic heterocycles. The van der Waals surface area contributed by atoms with E-state index in [-0.39, 0.29) is 0 Å². The number of aromatic nitrogens is 2. The Kier molecular flexibility index (Phi) is 4.61. The van der Waals surface area contributed by atoms with Gasteiger partial charge in [0, 0.05) is 18.5 Å². The second-order valence-electron chi connectivity index (χ2n) is 6.21. The Morgan fingerprint density at radius 2 is 2.16 bits per heavy atom. The molecule has 0 aromatic carbocycles. The minimum atomic E-state index is 0.304. The van der Waals surface area contributed by atoms with Gasteiger partial charge in [-0.3, -0.25) is 0 Å². The van der Waals surface area contributed by atoms with Gasteiger partial charge in [0.05, 0.1) is 0 Å². The number of nitrogens with zero attached hydrogens (tertiary/aromatic N) is 2. The van der Waals surface area contributed by atoms with Crippen LogP contribution in [0.5, 0.6) is 0 Å². The Balaban J connectivity index is 1.95. The summed E-state index contributed by atoms with van der Waals surface area (Å²) in [5.74, 6) is 4.18. The van der Waals surface area contributed by atoms with Crippen molar-refractivity contribution in [1.29, 1.82) is 0 Å². The topological polar surface area (TPSA) is 63.8 Å². The number of anilines is 2. The molecule has 0 amide bonds. The number of rotatable bonds is 4. The van der Waals surface area contributed by atoms with Gasteiger partial charge in [-0.25, -0.2) is 9.97 Å². The van der Waals surface area contributed by atoms with Crippen molar-refractivity contribution < 1.29 is 0 Å². The molecule has 1 fully saturated rings. The van der Waals surface area contributed by atoms with E-state index in [1.807, 2.05) is 6.07 Å². The summed E-state index contributed by atoms with van der Waals surface area (Å²) in [4.78, 5) is 8.80. The summed E-state index contributed by atoms with van der Waals surface area (Å²) in [7, 11) is 0. The van der Waals surface area contributed by atoms with Crippen LogP contribution in [-0.4, -0.2) is 16.5 Å². The van der Waals surface area contributed by atoms with Gasteiger partial charge < -0.3 is 11.1 Å². The van der Waals surface area contributed by atoms with Crippen molar-refractivity contribution in [3.63, 3.8) is 0 Å². The highest BCUT2D eigenvalue weighted by atomic mass is 15.1. The number of nitrogens with one attached hydrogen (secondary N) is 1. The van der Waals surface area contributed by atoms with Crippen molar-refractivity contribution in [3.8, 4) is 0 Å². The molecule has 2 unspecified atom stereocenters. The molecule has 1 aliphatic rings. The van der Waals surface area contributed by atoms with Gasteiger partial charge in [-0.15, -0.1) is 0 Å². The van der Waals surface area contributed by atoms with Crippen molar-refractivity contribution in [1.82, 2.24) is 9.97 Å². The predicted molar refractivity (Wildman–Crippen MR) is 80.1 cm³/mol. The van der Waals surface area contributed by atoms with E-state index in [2.05, 4.69) is 36.1 Å². The summed E-state index contributed by atoms with van der Waals surface area (Å²) < 4.78 is 0. The molecular formula is C15H26N4. The van der Waals surface area contributed by atoms with Crippen LogP contribution in [0.25, 0.3) is 0 Å². The van der Waals surface area contributed by atoms with Crippen molar-refractivity contribution in [2.75, 3.05) is 17.6 Å². The Morgan fingerprint density at radius 1 is 1.37 bits per heavy atom. The summed E-state index contributed by atoms with van der Waals surface area (Å²) >= 11 is 0. The van der Waals surface area contributed by atoms with Gasteiger partial charge in [-0.05, 0) is 24.7 Å². The molecule has 106 valence electrons. The van der Waals surface area contributed by atoms with E-state index in [0.717, 1.165) is 30.0 Å². The van der Waals surface area contributed by atoms with Crippen LogP contribution in [0.3, 0.4) is 0 Å². The molecular weight excluding hydrogens is 236 g/mol. The maximum atomic E-state index is 5.84. The molecule has 4 nitrogen and oxygen atoms in total. The molecule has 2 atom stereocenters. The average Bonchev–Trinajstić information content (AvgIpc) is 2.36. The maximum absolute atomic E-state index is 5.84. The predicted octanol–water partition coefficient (Wildman–Crippen LogP) is 3.42. The van der Waals surface area contributed by atoms with Crippen LogP contribution < -0.4 is 11.1 Å². The Labute approximate surface area is 116 Å². The van der Waals surface area contributed by atoms with Crippen LogP contribution in [0.1, 0.15) is 58.2 Å². The zero-order chi connectivity index (χ0) is 13.8. The molecule has 0 spiro atoms. The zero-order valence-electron chi connectivity index (χ0n) is 12.3. The fourth-order valence-corrected chi connectivity index (χ4v) is 2.83. The SMILES string of the molecule is CC1CCCC(CNc2cc(N)nc(C(C)C)n2)C1. The molecule has 4 heteroatoms. The smallest absolute Gasteiger partial charge is 0.135 e. The first-order valence-electron chi connectivity index (χ1n) is 7.43. The van der Waals surface area contributed by atoms with Gasteiger partial charge in [0.25, 0.3) is 0 Å². The molecule has 1 aromatic heterocycles. The quantitative estimate of drug-likeness (QED) is 0.872. The van der Waals surface area contributed by atoms with E-state index in [0.29, 0.717) is 11.7 Å². The second-order valence-corrected chi connectivity index (χ2v) is 6.21. The first-order valence-corrected chi connectivity index (χ1v) is 7.43. The lowest BCUT2D eigenvalue weighted by Gasteiger charge is -2.27. The molecule has 1 saturated carbocycles. The number of nitrogen functional groups attached to an aromatic ring is 1. The van der Waals surface area contributed by atoms with Crippen LogP contribution in [0.15, 0.2) is 6.07 Å². The molecule has 1 aliphatic carbocycles. The summed E-state index contributed by atoms with van der Waals surface area (Å²) in [6.07, 6.45) is 5.39. The minimum absolute atomic E-state index is 0.304. The molecule has 0 saturated heterocycles. The van der Waals surface area contributed by atoms with E-state index < -0.39 is 0 Å². The first-order chi connectivity index (χ1) is 9.04. The van der Waals surface area contributed by atoms with E-state index in [1.54, 1.807) is 0 Å². The lowest BCUT2D eigenvalue weighted by molar-refractivity contribution is 0.293. The van der Waals surface area contributed by atoms with Crippen molar-refractivity contribution in [2.45, 2.75) is 52.4 Å². The zero-order valence-corrected chi connectivity index (χ0v) is 12.3. The minimum Gasteiger partial charge on any atom is -0.384 e. The van der Waals surface area contributed by atoms with Crippen LogP contribution in [-0.2, 0) is 0 Å². The standard InChI is InChI=1S/C15H26N4/c1-10(2)15-18-13(16)8-14(19-15)17-9-12-6-4-5-11(3)7-12/h8,10-12H,4-7,9H2,1-3H3,(H3,16,17,18,19). The highest BCUT2D eigenvalue weighted by molar-refractivity contribution is 5.44. The van der Waals surface area contributed by atoms with E-state index >= 15 is 0 Å². The van der Waals surface area contributed by atoms with Crippen molar-refractivity contribution in [3.05, 3.63) is 11.9 Å². The molecule has 2 rings (SSSR count). The fourth-order valence-electron chi connectivity index (χ4n) is 2.83. The van der Waals surface area contributed by atoms with Gasteiger partial charge in [-0.1, -0.05) is 33.6 Å². The number of hydrogen-bond acceptors (Lipinski definition) is 4. The second kappa shape index (κ2) is 6.22. The molecule has 3 N–H and O–H groups in total. The Bertz CT molecular complexity index is 417. The lowest BCUT2D eigenvalue weighted by atomic mass is 9.82. The normalized spacial score (nSPS) is 23.6. The number of nitrogens with two attached hydrogens (primary N) is 1. The first kappa shape index (κ1) is 14.1. The van der Waals surface area contributed by atoms with Gasteiger partial charge in [0.15, 0.2) is 0 Å². The third kappa shape index (κ3) is 4.08. The van der Waals surface area contributed by atoms with E-state index in [9.17, 15) is 0 Å². The fraction of sp³-hybridized carbons (Fsp3) is 0.733. The van der Waals surface area contributed by atoms with Crippen LogP contribution in [0, 0.1) is 11.8 Å². The number of hydrogen-bond donors (Lipinski definition) is 2. The monoisotopic (exact) mass is 262 g/mol. The summed E-state index contributed by atoms with van der Waals surface area (Å²) in [5.41, 5.74) is 5.84. The average molecular weight is 262 g/mol. The van der Waals surface area contributed by atoms with Crippen LogP contribution in [0.4, 0.5) is 11.6 Å². The highest BCUT2D eigenvalue weighted by Gasteiger charge is 2.18. The molecule has 1 aromatic rings. The van der Waals surface area contributed by atoms with Gasteiger partial charge >= 0.3 is 0 Å². The maximum Gasteiger partial charge on any atom is 0.135 e. The van der Waals surface area contributed by atoms with Crippen molar-refractivity contribution >= 4 is 11.6 Å². The van der Waals surface area contributed by atoms with Crippen molar-refractivity contribution in [2.24, 2.45) is 11.8 Å². The third-order valence-corrected chi connectivity index (χ3v) is 3.90. The summed E-state index contributed by atoms with van der Waals surface area (Å²) in [5, 5.41) is 3.44. The Hall–Kier alpha value is -1.32. The lowest BCUT2D eigenvalue weighted by Crippen LogP contribution is -2.21. The largest absolute Gasteiger partial charge is 0.384 e. The highest BCUT2D eigenvalue weighted by Crippen LogP contribution is 2.28. The molecule has 1 heterocycles. The van der Waals surface area contributed by atoms with E-state index in [4.69, 9.17) is 5.73 Å². The van der Waals surface area contributed by atoms with Gasteiger partial charge in [0.1, 0.15) is 17.5 Å². The van der Waals surface area contributed by atoms with Crippen LogP contribution in [0.2, 0.25) is 0 Å². The van der Waals surface area contributed by atoms with Gasteiger partial charge in [0.2, 0.25) is 0 Å². The molecule has 19 heavy (non-hydrogen) atoms. The van der Waals surface area contributed by atoms with Crippen LogP contribution >= 0.6 is 0 Å². The summed E-state index contributed by atoms with van der Waals surface area (Å²) in [6, 6.07) is 1.83. The molecule has 0 radical (unpaired) electrons. The Morgan fingerprint density at radius 3 is 2.84 bits per heavy atom. The third-order valence-electron chi connectivity index (χ3n) is 3.90.